The zero-order chi connectivity index (χ0) is 10.5. The van der Waals surface area contributed by atoms with Gasteiger partial charge in [-0.25, -0.2) is 0 Å². The first-order valence-corrected chi connectivity index (χ1v) is 5.22. The summed E-state index contributed by atoms with van der Waals surface area (Å²) in [5, 5.41) is 0. The number of rotatable bonds is 3. The molecular formula is C14H17N. The maximum absolute atomic E-state index is 5.84. The Morgan fingerprint density at radius 3 is 1.53 bits per heavy atom. The van der Waals surface area contributed by atoms with Crippen LogP contribution < -0.4 is 5.73 Å². The lowest BCUT2D eigenvalue weighted by Gasteiger charge is -2.15. The van der Waals surface area contributed by atoms with Gasteiger partial charge >= 0.3 is 0 Å². The highest BCUT2D eigenvalue weighted by atomic mass is 14.5. The first kappa shape index (κ1) is 9.94. The fourth-order valence-corrected chi connectivity index (χ4v) is 1.84. The average molecular weight is 199 g/mol. The molecule has 78 valence electrons. The second kappa shape index (κ2) is 4.76. The van der Waals surface area contributed by atoms with Gasteiger partial charge in [0.1, 0.15) is 0 Å². The molecule has 0 aliphatic heterocycles. The Morgan fingerprint density at radius 1 is 0.800 bits per heavy atom. The quantitative estimate of drug-likeness (QED) is 0.808. The molecule has 2 aromatic carbocycles. The summed E-state index contributed by atoms with van der Waals surface area (Å²) < 4.78 is 0. The van der Waals surface area contributed by atoms with Gasteiger partial charge in [-0.3, -0.25) is 0 Å². The highest BCUT2D eigenvalue weighted by molar-refractivity contribution is 5.32. The molecule has 2 N–H and O–H groups in total. The van der Waals surface area contributed by atoms with Crippen molar-refractivity contribution in [2.45, 2.75) is 5.92 Å². The van der Waals surface area contributed by atoms with Crippen molar-refractivity contribution in [1.29, 1.82) is 0 Å². The average Bonchev–Trinajstić information content (AvgIpc) is 2.33. The summed E-state index contributed by atoms with van der Waals surface area (Å²) in [7, 11) is 0. The lowest BCUT2D eigenvalue weighted by Crippen LogP contribution is -2.13. The molecule has 0 aliphatic rings. The second-order valence-corrected chi connectivity index (χ2v) is 3.61. The summed E-state index contributed by atoms with van der Waals surface area (Å²) >= 11 is 0. The molecule has 0 bridgehead atoms. The molecule has 0 amide bonds. The predicted octanol–water partition coefficient (Wildman–Crippen LogP) is 3.02. The van der Waals surface area contributed by atoms with E-state index in [1.54, 1.807) is 0 Å². The normalized spacial score (nSPS) is 10.5. The molecule has 2 rings (SSSR count). The molecular weight excluding hydrogens is 182 g/mol. The molecule has 0 aliphatic carbocycles. The monoisotopic (exact) mass is 199 g/mol. The number of hydrogen-bond acceptors (Lipinski definition) is 1. The van der Waals surface area contributed by atoms with E-state index in [0.29, 0.717) is 12.5 Å². The molecule has 2 aromatic rings. The van der Waals surface area contributed by atoms with Crippen LogP contribution in [0.15, 0.2) is 60.7 Å². The van der Waals surface area contributed by atoms with Crippen LogP contribution in [0.3, 0.4) is 0 Å². The van der Waals surface area contributed by atoms with Gasteiger partial charge in [-0.05, 0) is 11.1 Å². The fraction of sp³-hybridized carbons (Fsp3) is 0.143. The molecule has 0 saturated heterocycles. The first-order chi connectivity index (χ1) is 7.42. The van der Waals surface area contributed by atoms with Crippen molar-refractivity contribution in [2.24, 2.45) is 5.73 Å². The summed E-state index contributed by atoms with van der Waals surface area (Å²) in [6.45, 7) is 0.647. The van der Waals surface area contributed by atoms with E-state index in [2.05, 4.69) is 48.5 Å². The van der Waals surface area contributed by atoms with Crippen LogP contribution in [0, 0.1) is 0 Å². The van der Waals surface area contributed by atoms with Gasteiger partial charge in [-0.15, -0.1) is 0 Å². The Labute approximate surface area is 92.0 Å². The van der Waals surface area contributed by atoms with Gasteiger partial charge in [-0.1, -0.05) is 60.7 Å². The third-order valence-electron chi connectivity index (χ3n) is 2.64. The lowest BCUT2D eigenvalue weighted by molar-refractivity contribution is 0.819. The third-order valence-corrected chi connectivity index (χ3v) is 2.64. The van der Waals surface area contributed by atoms with E-state index in [1.807, 2.05) is 12.1 Å². The lowest BCUT2D eigenvalue weighted by atomic mass is 9.92. The Morgan fingerprint density at radius 2 is 1.20 bits per heavy atom. The summed E-state index contributed by atoms with van der Waals surface area (Å²) in [4.78, 5) is 0. The molecule has 1 nitrogen and oxygen atoms in total. The van der Waals surface area contributed by atoms with Crippen molar-refractivity contribution in [1.82, 2.24) is 0 Å². The van der Waals surface area contributed by atoms with E-state index in [-0.39, 0.29) is 1.43 Å². The van der Waals surface area contributed by atoms with Crippen LogP contribution in [0.4, 0.5) is 0 Å². The summed E-state index contributed by atoms with van der Waals surface area (Å²) in [5.41, 5.74) is 8.40. The molecule has 0 fully saturated rings. The maximum Gasteiger partial charge on any atom is 0.0212 e. The van der Waals surface area contributed by atoms with E-state index in [9.17, 15) is 0 Å². The van der Waals surface area contributed by atoms with Crippen molar-refractivity contribution in [3.05, 3.63) is 71.8 Å². The zero-order valence-corrected chi connectivity index (χ0v) is 8.64. The third kappa shape index (κ3) is 2.25. The molecule has 0 atom stereocenters. The smallest absolute Gasteiger partial charge is 0.0212 e. The van der Waals surface area contributed by atoms with E-state index in [4.69, 9.17) is 5.73 Å². The Kier molecular flexibility index (Phi) is 3.15. The topological polar surface area (TPSA) is 26.0 Å². The van der Waals surface area contributed by atoms with E-state index < -0.39 is 0 Å². The van der Waals surface area contributed by atoms with Gasteiger partial charge in [-0.2, -0.15) is 0 Å². The van der Waals surface area contributed by atoms with Crippen LogP contribution in [0.1, 0.15) is 18.5 Å². The van der Waals surface area contributed by atoms with E-state index >= 15 is 0 Å². The van der Waals surface area contributed by atoms with Crippen LogP contribution in [0.5, 0.6) is 0 Å². The number of hydrogen-bond donors (Lipinski definition) is 1. The van der Waals surface area contributed by atoms with Crippen molar-refractivity contribution >= 4 is 0 Å². The highest BCUT2D eigenvalue weighted by Crippen LogP contribution is 2.22. The summed E-state index contributed by atoms with van der Waals surface area (Å²) in [6, 6.07) is 20.8. The first-order valence-electron chi connectivity index (χ1n) is 5.22. The van der Waals surface area contributed by atoms with Gasteiger partial charge in [0.05, 0.1) is 0 Å². The molecule has 0 heterocycles. The molecule has 0 radical (unpaired) electrons. The highest BCUT2D eigenvalue weighted by Gasteiger charge is 2.10. The minimum Gasteiger partial charge on any atom is -0.330 e. The van der Waals surface area contributed by atoms with Crippen molar-refractivity contribution in [3.8, 4) is 0 Å². The van der Waals surface area contributed by atoms with E-state index in [0.717, 1.165) is 0 Å². The predicted molar refractivity (Wildman–Crippen MR) is 65.9 cm³/mol. The molecule has 0 aromatic heterocycles. The van der Waals surface area contributed by atoms with Gasteiger partial charge < -0.3 is 5.73 Å². The van der Waals surface area contributed by atoms with E-state index in [1.165, 1.54) is 11.1 Å². The molecule has 0 spiro atoms. The number of benzene rings is 2. The van der Waals surface area contributed by atoms with Gasteiger partial charge in [0.25, 0.3) is 0 Å². The Hall–Kier alpha value is -1.60. The van der Waals surface area contributed by atoms with Gasteiger partial charge in [0.15, 0.2) is 0 Å². The van der Waals surface area contributed by atoms with Crippen LogP contribution in [0.2, 0.25) is 0 Å². The fourth-order valence-electron chi connectivity index (χ4n) is 1.84. The minimum absolute atomic E-state index is 0. The Balaban J connectivity index is 0.00000128. The summed E-state index contributed by atoms with van der Waals surface area (Å²) in [6.07, 6.45) is 0. The van der Waals surface area contributed by atoms with Crippen LogP contribution in [-0.4, -0.2) is 6.54 Å². The second-order valence-electron chi connectivity index (χ2n) is 3.61. The Bertz CT molecular complexity index is 360. The summed E-state index contributed by atoms with van der Waals surface area (Å²) in [5.74, 6) is 0.312. The number of nitrogens with two attached hydrogens (primary N) is 1. The standard InChI is InChI=1S/C14H15N.H2/c15-11-14(12-7-3-1-4-8-12)13-9-5-2-6-10-13;/h1-10,14H,11,15H2;1H. The SMILES string of the molecule is NCC(c1ccccc1)c1ccccc1.[HH]. The molecule has 0 saturated carbocycles. The van der Waals surface area contributed by atoms with Crippen molar-refractivity contribution in [2.75, 3.05) is 6.54 Å². The van der Waals surface area contributed by atoms with Gasteiger partial charge in [0.2, 0.25) is 0 Å². The molecule has 15 heavy (non-hydrogen) atoms. The zero-order valence-electron chi connectivity index (χ0n) is 8.64. The minimum atomic E-state index is 0. The van der Waals surface area contributed by atoms with Crippen molar-refractivity contribution < 1.29 is 1.43 Å². The largest absolute Gasteiger partial charge is 0.330 e. The van der Waals surface area contributed by atoms with Crippen LogP contribution >= 0.6 is 0 Å². The van der Waals surface area contributed by atoms with Crippen LogP contribution in [0.25, 0.3) is 0 Å². The van der Waals surface area contributed by atoms with Gasteiger partial charge in [0, 0.05) is 13.9 Å². The molecule has 0 unspecified atom stereocenters. The maximum atomic E-state index is 5.84. The van der Waals surface area contributed by atoms with Crippen LogP contribution in [-0.2, 0) is 0 Å². The molecule has 1 heteroatoms. The van der Waals surface area contributed by atoms with Crippen molar-refractivity contribution in [3.63, 3.8) is 0 Å².